The molecule has 1 rings (SSSR count). The number of azide groups is 1. The van der Waals surface area contributed by atoms with Crippen molar-refractivity contribution in [1.29, 1.82) is 0 Å². The molecule has 1 aromatic rings. The number of thiazole rings is 1. The van der Waals surface area contributed by atoms with Crippen LogP contribution in [0.1, 0.15) is 89.8 Å². The maximum Gasteiger partial charge on any atom is 0.357 e. The fourth-order valence-electron chi connectivity index (χ4n) is 4.45. The Bertz CT molecular complexity index is 987. The van der Waals surface area contributed by atoms with Crippen molar-refractivity contribution in [3.05, 3.63) is 26.5 Å². The van der Waals surface area contributed by atoms with E-state index in [0.29, 0.717) is 17.8 Å². The monoisotopic (exact) mass is 583 g/mol. The highest BCUT2D eigenvalue weighted by Crippen LogP contribution is 2.36. The Morgan fingerprint density at radius 2 is 1.77 bits per heavy atom. The first-order valence-corrected chi connectivity index (χ1v) is 17.0. The van der Waals surface area contributed by atoms with Crippen LogP contribution in [-0.2, 0) is 23.5 Å². The summed E-state index contributed by atoms with van der Waals surface area (Å²) < 4.78 is 17.1. The average molecular weight is 584 g/mol. The Labute approximate surface area is 237 Å². The Balaban J connectivity index is 3.63. The predicted octanol–water partition coefficient (Wildman–Crippen LogP) is 6.48. The molecule has 0 N–H and O–H groups in total. The van der Waals surface area contributed by atoms with Crippen molar-refractivity contribution >= 4 is 37.5 Å². The number of amides is 1. The van der Waals surface area contributed by atoms with Crippen LogP contribution in [0.4, 0.5) is 0 Å². The quantitative estimate of drug-likeness (QED) is 0.0509. The molecule has 0 unspecified atom stereocenters. The minimum absolute atomic E-state index is 0.0692. The number of carbonyl (C=O) groups is 3. The molecule has 4 atom stereocenters. The molecular weight excluding hydrogens is 538 g/mol. The van der Waals surface area contributed by atoms with Gasteiger partial charge in [-0.2, -0.15) is 0 Å². The van der Waals surface area contributed by atoms with Gasteiger partial charge in [-0.25, -0.2) is 9.78 Å². The van der Waals surface area contributed by atoms with Gasteiger partial charge < -0.3 is 18.8 Å². The van der Waals surface area contributed by atoms with Crippen molar-refractivity contribution in [2.24, 2.45) is 17.0 Å². The topological polar surface area (TPSA) is 144 Å². The molecule has 1 aromatic heterocycles. The summed E-state index contributed by atoms with van der Waals surface area (Å²) in [6, 6.07) is 1.33. The van der Waals surface area contributed by atoms with Gasteiger partial charge in [0, 0.05) is 23.3 Å². The van der Waals surface area contributed by atoms with Gasteiger partial charge in [-0.15, -0.1) is 11.3 Å². The molecule has 1 heterocycles. The SMILES string of the molecule is CC[C@H](C)[C@H](N=[N+]=[N-])C(=O)N(COC(C)=O)[C@H](C[C@@H](O[Si](CC)(CC)CC)c1nc(C(=O)OC)cs1)C(C)C. The lowest BCUT2D eigenvalue weighted by Crippen LogP contribution is -2.51. The molecule has 0 spiro atoms. The zero-order valence-electron chi connectivity index (χ0n) is 24.8. The number of rotatable bonds is 17. The standard InChI is InChI=1S/C26H45N5O6SSi/c1-10-18(7)23(29-30-27)25(33)31(16-36-19(8)32)21(17(5)6)14-22(37-39(11-2,12-3)13-4)24-28-20(15-38-24)26(34)35-9/h15,17-18,21-23H,10-14,16H2,1-9H3/t18-,21+,22+,23-/m0/s1. The third-order valence-electron chi connectivity index (χ3n) is 7.44. The number of carbonyl (C=O) groups excluding carboxylic acids is 3. The second kappa shape index (κ2) is 16.6. The minimum Gasteiger partial charge on any atom is -0.464 e. The van der Waals surface area contributed by atoms with Crippen molar-refractivity contribution in [2.45, 2.75) is 105 Å². The van der Waals surface area contributed by atoms with E-state index in [1.807, 2.05) is 27.7 Å². The molecule has 39 heavy (non-hydrogen) atoms. The van der Waals surface area contributed by atoms with Gasteiger partial charge in [0.15, 0.2) is 20.7 Å². The second-order valence-electron chi connectivity index (χ2n) is 10.1. The van der Waals surface area contributed by atoms with Crippen LogP contribution in [0.15, 0.2) is 10.5 Å². The van der Waals surface area contributed by atoms with Crippen LogP contribution in [0.3, 0.4) is 0 Å². The van der Waals surface area contributed by atoms with E-state index in [9.17, 15) is 19.9 Å². The third kappa shape index (κ3) is 9.59. The lowest BCUT2D eigenvalue weighted by molar-refractivity contribution is -0.156. The summed E-state index contributed by atoms with van der Waals surface area (Å²) in [4.78, 5) is 46.8. The van der Waals surface area contributed by atoms with Gasteiger partial charge in [-0.3, -0.25) is 9.59 Å². The molecule has 0 aromatic carbocycles. The summed E-state index contributed by atoms with van der Waals surface area (Å²) in [6.07, 6.45) is 0.486. The fraction of sp³-hybridized carbons (Fsp3) is 0.769. The lowest BCUT2D eigenvalue weighted by atomic mass is 9.93. The molecule has 13 heteroatoms. The van der Waals surface area contributed by atoms with Crippen molar-refractivity contribution in [3.8, 4) is 0 Å². The first-order chi connectivity index (χ1) is 18.4. The van der Waals surface area contributed by atoms with Gasteiger partial charge >= 0.3 is 11.9 Å². The van der Waals surface area contributed by atoms with E-state index in [-0.39, 0.29) is 24.3 Å². The summed E-state index contributed by atoms with van der Waals surface area (Å²) >= 11 is 1.32. The summed E-state index contributed by atoms with van der Waals surface area (Å²) in [5.41, 5.74) is 9.40. The molecule has 0 aliphatic heterocycles. The summed E-state index contributed by atoms with van der Waals surface area (Å²) in [5, 5.41) is 6.09. The van der Waals surface area contributed by atoms with E-state index in [1.54, 1.807) is 5.38 Å². The van der Waals surface area contributed by atoms with Crippen molar-refractivity contribution < 1.29 is 28.3 Å². The highest BCUT2D eigenvalue weighted by molar-refractivity contribution is 7.09. The molecule has 0 saturated heterocycles. The number of nitrogens with zero attached hydrogens (tertiary/aromatic N) is 5. The van der Waals surface area contributed by atoms with Gasteiger partial charge in [0.2, 0.25) is 5.91 Å². The molecule has 0 aliphatic carbocycles. The number of hydrogen-bond donors (Lipinski definition) is 0. The molecule has 0 fully saturated rings. The zero-order chi connectivity index (χ0) is 29.8. The number of aromatic nitrogens is 1. The summed E-state index contributed by atoms with van der Waals surface area (Å²) in [5.74, 6) is -1.74. The van der Waals surface area contributed by atoms with E-state index in [0.717, 1.165) is 18.1 Å². The van der Waals surface area contributed by atoms with Crippen LogP contribution in [0.2, 0.25) is 18.1 Å². The van der Waals surface area contributed by atoms with E-state index >= 15 is 0 Å². The van der Waals surface area contributed by atoms with Gasteiger partial charge in [0.25, 0.3) is 0 Å². The highest BCUT2D eigenvalue weighted by atomic mass is 32.1. The normalized spacial score (nSPS) is 14.6. The first kappa shape index (κ1) is 34.6. The molecule has 1 amide bonds. The van der Waals surface area contributed by atoms with E-state index in [4.69, 9.17) is 13.9 Å². The van der Waals surface area contributed by atoms with E-state index in [1.165, 1.54) is 30.3 Å². The van der Waals surface area contributed by atoms with E-state index in [2.05, 4.69) is 35.8 Å². The Morgan fingerprint density at radius 1 is 1.15 bits per heavy atom. The minimum atomic E-state index is -2.15. The van der Waals surface area contributed by atoms with Crippen LogP contribution in [0.5, 0.6) is 0 Å². The molecule has 0 bridgehead atoms. The lowest BCUT2D eigenvalue weighted by Gasteiger charge is -2.40. The van der Waals surface area contributed by atoms with Gasteiger partial charge in [-0.1, -0.05) is 60.0 Å². The first-order valence-electron chi connectivity index (χ1n) is 13.6. The molecule has 0 aliphatic rings. The molecule has 11 nitrogen and oxygen atoms in total. The van der Waals surface area contributed by atoms with Crippen LogP contribution >= 0.6 is 11.3 Å². The van der Waals surface area contributed by atoms with Gasteiger partial charge in [0.1, 0.15) is 11.0 Å². The van der Waals surface area contributed by atoms with Crippen LogP contribution < -0.4 is 0 Å². The molecule has 0 radical (unpaired) electrons. The van der Waals surface area contributed by atoms with E-state index < -0.39 is 44.4 Å². The largest absolute Gasteiger partial charge is 0.464 e. The maximum absolute atomic E-state index is 13.9. The van der Waals surface area contributed by atoms with Gasteiger partial charge in [0.05, 0.1) is 13.2 Å². The molecule has 220 valence electrons. The molecule has 0 saturated carbocycles. The average Bonchev–Trinajstić information content (AvgIpc) is 3.42. The van der Waals surface area contributed by atoms with Crippen molar-refractivity contribution in [2.75, 3.05) is 13.8 Å². The summed E-state index contributed by atoms with van der Waals surface area (Å²) in [7, 11) is -0.844. The van der Waals surface area contributed by atoms with Crippen molar-refractivity contribution in [3.63, 3.8) is 0 Å². The third-order valence-corrected chi connectivity index (χ3v) is 13.0. The Morgan fingerprint density at radius 3 is 2.23 bits per heavy atom. The maximum atomic E-state index is 13.9. The fourth-order valence-corrected chi connectivity index (χ4v) is 8.18. The number of methoxy groups -OCH3 is 1. The van der Waals surface area contributed by atoms with Crippen molar-refractivity contribution in [1.82, 2.24) is 9.88 Å². The zero-order valence-corrected chi connectivity index (χ0v) is 26.6. The Hall–Kier alpha value is -2.47. The van der Waals surface area contributed by atoms with Gasteiger partial charge in [-0.05, 0) is 41.9 Å². The molecular formula is C26H45N5O6SSi. The smallest absolute Gasteiger partial charge is 0.357 e. The number of esters is 2. The number of hydrogen-bond acceptors (Lipinski definition) is 9. The number of ether oxygens (including phenoxy) is 2. The Kier molecular flexibility index (Phi) is 14.7. The van der Waals surface area contributed by atoms with Crippen LogP contribution in [-0.4, -0.2) is 62.0 Å². The second-order valence-corrected chi connectivity index (χ2v) is 15.7. The highest BCUT2D eigenvalue weighted by Gasteiger charge is 2.39. The summed E-state index contributed by atoms with van der Waals surface area (Å²) in [6.45, 7) is 15.1. The predicted molar refractivity (Wildman–Crippen MR) is 154 cm³/mol. The van der Waals surface area contributed by atoms with Crippen LogP contribution in [0, 0.1) is 11.8 Å². The van der Waals surface area contributed by atoms with Crippen LogP contribution in [0.25, 0.3) is 10.4 Å².